The number of nitrogens with two attached hydrogens (primary N) is 1. The van der Waals surface area contributed by atoms with Crippen LogP contribution in [0.4, 0.5) is 0 Å². The molecule has 17 heavy (non-hydrogen) atoms. The van der Waals surface area contributed by atoms with Crippen molar-refractivity contribution in [2.75, 3.05) is 20.2 Å². The van der Waals surface area contributed by atoms with E-state index in [1.165, 1.54) is 0 Å². The summed E-state index contributed by atoms with van der Waals surface area (Å²) in [5.74, 6) is 0.737. The Labute approximate surface area is 108 Å². The molecule has 1 atom stereocenters. The molecule has 0 saturated heterocycles. The van der Waals surface area contributed by atoms with Gasteiger partial charge in [0.2, 0.25) is 5.91 Å². The number of carbonyl (C=O) groups excluding carboxylic acids is 1. The Bertz CT molecular complexity index is 331. The lowest BCUT2D eigenvalue weighted by Gasteiger charge is -2.19. The molecule has 4 nitrogen and oxygen atoms in total. The van der Waals surface area contributed by atoms with E-state index in [1.807, 2.05) is 30.3 Å². The number of halogens is 1. The van der Waals surface area contributed by atoms with E-state index in [4.69, 9.17) is 10.5 Å². The average molecular weight is 259 g/mol. The number of hydrogen-bond donors (Lipinski definition) is 1. The molecule has 0 heterocycles. The molecule has 1 aromatic carbocycles. The number of rotatable bonds is 5. The van der Waals surface area contributed by atoms with Crippen molar-refractivity contribution in [2.45, 2.75) is 13.0 Å². The van der Waals surface area contributed by atoms with E-state index >= 15 is 0 Å². The number of ether oxygens (including phenoxy) is 1. The summed E-state index contributed by atoms with van der Waals surface area (Å²) in [7, 11) is 1.72. The summed E-state index contributed by atoms with van der Waals surface area (Å²) in [5.41, 5.74) is 5.49. The van der Waals surface area contributed by atoms with Gasteiger partial charge in [0.25, 0.3) is 0 Å². The highest BCUT2D eigenvalue weighted by Gasteiger charge is 2.12. The van der Waals surface area contributed by atoms with Gasteiger partial charge in [-0.15, -0.1) is 12.4 Å². The minimum Gasteiger partial charge on any atom is -0.492 e. The van der Waals surface area contributed by atoms with Gasteiger partial charge < -0.3 is 15.4 Å². The van der Waals surface area contributed by atoms with Gasteiger partial charge in [-0.3, -0.25) is 4.79 Å². The summed E-state index contributed by atoms with van der Waals surface area (Å²) in [5, 5.41) is 0. The second kappa shape index (κ2) is 7.92. The van der Waals surface area contributed by atoms with E-state index in [9.17, 15) is 4.79 Å². The zero-order valence-corrected chi connectivity index (χ0v) is 10.9. The molecule has 2 N–H and O–H groups in total. The van der Waals surface area contributed by atoms with Crippen LogP contribution in [0.25, 0.3) is 0 Å². The van der Waals surface area contributed by atoms with E-state index < -0.39 is 6.04 Å². The fourth-order valence-corrected chi connectivity index (χ4v) is 1.27. The fraction of sp³-hybridized carbons (Fsp3) is 0.417. The molecule has 0 aliphatic carbocycles. The first-order valence-electron chi connectivity index (χ1n) is 5.29. The Balaban J connectivity index is 0.00000256. The monoisotopic (exact) mass is 258 g/mol. The molecular weight excluding hydrogens is 240 g/mol. The highest BCUT2D eigenvalue weighted by atomic mass is 35.5. The third kappa shape index (κ3) is 5.56. The van der Waals surface area contributed by atoms with Crippen LogP contribution in [0.3, 0.4) is 0 Å². The van der Waals surface area contributed by atoms with Crippen LogP contribution in [-0.4, -0.2) is 37.0 Å². The topological polar surface area (TPSA) is 55.6 Å². The summed E-state index contributed by atoms with van der Waals surface area (Å²) >= 11 is 0. The van der Waals surface area contributed by atoms with Crippen molar-refractivity contribution in [2.24, 2.45) is 5.73 Å². The van der Waals surface area contributed by atoms with Crippen molar-refractivity contribution < 1.29 is 9.53 Å². The Morgan fingerprint density at radius 2 is 2.00 bits per heavy atom. The van der Waals surface area contributed by atoms with Gasteiger partial charge in [-0.05, 0) is 19.1 Å². The number of likely N-dealkylation sites (N-methyl/N-ethyl adjacent to an activating group) is 1. The Morgan fingerprint density at radius 3 is 2.53 bits per heavy atom. The number of nitrogens with zero attached hydrogens (tertiary/aromatic N) is 1. The Kier molecular flexibility index (Phi) is 7.34. The molecule has 0 bridgehead atoms. The minimum atomic E-state index is -0.457. The maximum atomic E-state index is 11.4. The van der Waals surface area contributed by atoms with Crippen LogP contribution in [0.5, 0.6) is 5.75 Å². The van der Waals surface area contributed by atoms with Crippen molar-refractivity contribution in [3.63, 3.8) is 0 Å². The molecular formula is C12H19ClN2O2. The third-order valence-electron chi connectivity index (χ3n) is 2.20. The van der Waals surface area contributed by atoms with Crippen molar-refractivity contribution in [3.05, 3.63) is 30.3 Å². The van der Waals surface area contributed by atoms with Crippen LogP contribution in [-0.2, 0) is 4.79 Å². The number of hydrogen-bond acceptors (Lipinski definition) is 3. The van der Waals surface area contributed by atoms with Crippen molar-refractivity contribution in [3.8, 4) is 5.75 Å². The van der Waals surface area contributed by atoms with E-state index in [2.05, 4.69) is 0 Å². The predicted molar refractivity (Wildman–Crippen MR) is 70.5 cm³/mol. The van der Waals surface area contributed by atoms with Gasteiger partial charge in [-0.2, -0.15) is 0 Å². The summed E-state index contributed by atoms with van der Waals surface area (Å²) in [6, 6.07) is 9.05. The number of carbonyl (C=O) groups is 1. The Morgan fingerprint density at radius 1 is 1.41 bits per heavy atom. The smallest absolute Gasteiger partial charge is 0.239 e. The van der Waals surface area contributed by atoms with Crippen molar-refractivity contribution >= 4 is 18.3 Å². The number of benzene rings is 1. The first kappa shape index (κ1) is 15.7. The van der Waals surface area contributed by atoms with E-state index in [-0.39, 0.29) is 18.3 Å². The molecule has 0 aromatic heterocycles. The lowest BCUT2D eigenvalue weighted by molar-refractivity contribution is -0.131. The molecule has 5 heteroatoms. The molecule has 0 unspecified atom stereocenters. The largest absolute Gasteiger partial charge is 0.492 e. The van der Waals surface area contributed by atoms with Crippen LogP contribution < -0.4 is 10.5 Å². The summed E-state index contributed by atoms with van der Waals surface area (Å²) in [4.78, 5) is 13.0. The van der Waals surface area contributed by atoms with Crippen LogP contribution >= 0.6 is 12.4 Å². The summed E-state index contributed by atoms with van der Waals surface area (Å²) < 4.78 is 5.47. The molecule has 0 saturated carbocycles. The van der Waals surface area contributed by atoms with Gasteiger partial charge in [0.15, 0.2) is 0 Å². The van der Waals surface area contributed by atoms with Crippen LogP contribution in [0.2, 0.25) is 0 Å². The first-order valence-corrected chi connectivity index (χ1v) is 5.29. The van der Waals surface area contributed by atoms with Crippen LogP contribution in [0.15, 0.2) is 30.3 Å². The fourth-order valence-electron chi connectivity index (χ4n) is 1.27. The average Bonchev–Trinajstić information content (AvgIpc) is 2.29. The second-order valence-electron chi connectivity index (χ2n) is 3.71. The molecule has 0 fully saturated rings. The normalized spacial score (nSPS) is 11.2. The lowest BCUT2D eigenvalue weighted by atomic mass is 10.3. The maximum Gasteiger partial charge on any atom is 0.239 e. The highest BCUT2D eigenvalue weighted by molar-refractivity contribution is 5.85. The van der Waals surface area contributed by atoms with E-state index in [0.717, 1.165) is 5.75 Å². The van der Waals surface area contributed by atoms with Crippen molar-refractivity contribution in [1.29, 1.82) is 0 Å². The summed E-state index contributed by atoms with van der Waals surface area (Å²) in [6.45, 7) is 2.69. The summed E-state index contributed by atoms with van der Waals surface area (Å²) in [6.07, 6.45) is 0. The molecule has 1 aromatic rings. The van der Waals surface area contributed by atoms with E-state index in [1.54, 1.807) is 18.9 Å². The molecule has 1 rings (SSSR count). The molecule has 0 radical (unpaired) electrons. The minimum absolute atomic E-state index is 0. The zero-order chi connectivity index (χ0) is 12.0. The maximum absolute atomic E-state index is 11.4. The van der Waals surface area contributed by atoms with Gasteiger partial charge in [-0.25, -0.2) is 0 Å². The van der Waals surface area contributed by atoms with Gasteiger partial charge >= 0.3 is 0 Å². The number of amides is 1. The second-order valence-corrected chi connectivity index (χ2v) is 3.71. The predicted octanol–water partition coefficient (Wildman–Crippen LogP) is 1.29. The van der Waals surface area contributed by atoms with E-state index in [0.29, 0.717) is 13.2 Å². The van der Waals surface area contributed by atoms with Gasteiger partial charge in [0.1, 0.15) is 12.4 Å². The molecule has 0 aliphatic heterocycles. The van der Waals surface area contributed by atoms with Crippen LogP contribution in [0, 0.1) is 0 Å². The van der Waals surface area contributed by atoms with Gasteiger partial charge in [0.05, 0.1) is 12.6 Å². The third-order valence-corrected chi connectivity index (χ3v) is 2.20. The molecule has 0 spiro atoms. The lowest BCUT2D eigenvalue weighted by Crippen LogP contribution is -2.41. The van der Waals surface area contributed by atoms with Crippen LogP contribution in [0.1, 0.15) is 6.92 Å². The Hall–Kier alpha value is -1.26. The highest BCUT2D eigenvalue weighted by Crippen LogP contribution is 2.07. The zero-order valence-electron chi connectivity index (χ0n) is 10.1. The quantitative estimate of drug-likeness (QED) is 0.866. The SMILES string of the molecule is C[C@H](N)C(=O)N(C)CCOc1ccccc1.Cl. The van der Waals surface area contributed by atoms with Gasteiger partial charge in [0, 0.05) is 7.05 Å². The molecule has 1 amide bonds. The van der Waals surface area contributed by atoms with Gasteiger partial charge in [-0.1, -0.05) is 18.2 Å². The number of para-hydroxylation sites is 1. The van der Waals surface area contributed by atoms with Crippen molar-refractivity contribution in [1.82, 2.24) is 4.90 Å². The molecule has 0 aliphatic rings. The molecule has 96 valence electrons. The standard InChI is InChI=1S/C12H18N2O2.ClH/c1-10(13)12(15)14(2)8-9-16-11-6-4-3-5-7-11;/h3-7,10H,8-9,13H2,1-2H3;1H/t10-;/m0./s1. The first-order chi connectivity index (χ1) is 7.61.